The maximum Gasteiger partial charge on any atom is 0.410 e. The number of carbonyl (C=O) groups excluding carboxylic acids is 4. The van der Waals surface area contributed by atoms with E-state index in [1.807, 2.05) is 62.7 Å². The molecule has 0 aliphatic carbocycles. The van der Waals surface area contributed by atoms with E-state index in [1.54, 1.807) is 51.3 Å². The fourth-order valence-corrected chi connectivity index (χ4v) is 9.43. The lowest BCUT2D eigenvalue weighted by atomic mass is 9.73. The molecule has 2 aromatic rings. The normalized spacial score (nSPS) is 36.7. The van der Waals surface area contributed by atoms with Crippen molar-refractivity contribution in [3.05, 3.63) is 37.1 Å². The standard InChI is InChI=1S/C43H65N5O10/c1-12-33-43(8)37(48(41(53)58-43)19-14-13-18-47-23-31(45-24-47)30-16-15-17-44-22-30)27(4)34(49)25(2)21-42(7,54-11)38(28(5)35(50)29(6)39(52)56-33)57-40-36(51)32(46(9)10)20-26(3)55-40/h15-17,22-29,32-33,36-38,40,51H,12-14,18-21H2,1-11H3/t25-,26-,27+,28+,29?,32+,33-,36-,37-,38-,40+,42-,43-/m1/s1. The van der Waals surface area contributed by atoms with Gasteiger partial charge in [0.2, 0.25) is 0 Å². The van der Waals surface area contributed by atoms with Crippen LogP contribution in [0.4, 0.5) is 4.79 Å². The molecule has 13 atom stereocenters. The lowest BCUT2D eigenvalue weighted by Crippen LogP contribution is -2.60. The number of likely N-dealkylation sites (N-methyl/N-ethyl adjacent to an activating group) is 1. The Morgan fingerprint density at radius 3 is 2.36 bits per heavy atom. The number of nitrogens with zero attached hydrogens (tertiary/aromatic N) is 5. The molecule has 3 saturated heterocycles. The van der Waals surface area contributed by atoms with E-state index in [-0.39, 0.29) is 30.8 Å². The number of imidazole rings is 1. The van der Waals surface area contributed by atoms with Crippen LogP contribution >= 0.6 is 0 Å². The number of ketones is 2. The van der Waals surface area contributed by atoms with Gasteiger partial charge in [0.15, 0.2) is 17.7 Å². The van der Waals surface area contributed by atoms with Gasteiger partial charge in [0.05, 0.1) is 35.9 Å². The molecule has 5 heterocycles. The van der Waals surface area contributed by atoms with Crippen LogP contribution in [-0.2, 0) is 44.6 Å². The van der Waals surface area contributed by atoms with Gasteiger partial charge in [-0.2, -0.15) is 0 Å². The van der Waals surface area contributed by atoms with E-state index in [4.69, 9.17) is 23.7 Å². The van der Waals surface area contributed by atoms with Gasteiger partial charge in [0.1, 0.15) is 23.9 Å². The molecule has 15 heteroatoms. The molecule has 0 saturated carbocycles. The zero-order chi connectivity index (χ0) is 42.7. The molecule has 0 spiro atoms. The number of esters is 1. The number of hydrogen-bond donors (Lipinski definition) is 1. The molecule has 3 fully saturated rings. The van der Waals surface area contributed by atoms with Crippen molar-refractivity contribution in [3.63, 3.8) is 0 Å². The van der Waals surface area contributed by atoms with Gasteiger partial charge in [-0.25, -0.2) is 9.78 Å². The first-order valence-corrected chi connectivity index (χ1v) is 20.8. The van der Waals surface area contributed by atoms with Gasteiger partial charge in [-0.05, 0) is 86.0 Å². The van der Waals surface area contributed by atoms with Crippen molar-refractivity contribution in [1.82, 2.24) is 24.3 Å². The first kappa shape index (κ1) is 45.3. The van der Waals surface area contributed by atoms with Crippen LogP contribution in [0.5, 0.6) is 0 Å². The van der Waals surface area contributed by atoms with E-state index in [1.165, 1.54) is 14.0 Å². The molecule has 1 amide bonds. The van der Waals surface area contributed by atoms with Crippen LogP contribution in [-0.4, -0.2) is 135 Å². The molecule has 0 bridgehead atoms. The highest BCUT2D eigenvalue weighted by Crippen LogP contribution is 2.43. The zero-order valence-electron chi connectivity index (χ0n) is 36.1. The SMILES string of the molecule is CC[C@H]1OC(=O)C(C)C(=O)[C@H](C)[C@@H](O[C@@H]2O[C@H](C)C[C@H](N(C)C)[C@H]2O)[C@](C)(OC)C[C@@H](C)C(=O)[C@H](C)[C@H]2N(CCCCn3cnc(-c4cccnc4)c3)C(=O)O[C@]12C. The molecule has 3 aliphatic rings. The summed E-state index contributed by atoms with van der Waals surface area (Å²) >= 11 is 0. The lowest BCUT2D eigenvalue weighted by molar-refractivity contribution is -0.295. The molecule has 1 N–H and O–H groups in total. The van der Waals surface area contributed by atoms with Crippen LogP contribution < -0.4 is 0 Å². The average molecular weight is 812 g/mol. The van der Waals surface area contributed by atoms with Crippen molar-refractivity contribution < 1.29 is 48.0 Å². The average Bonchev–Trinajstić information content (AvgIpc) is 3.78. The number of carbonyl (C=O) groups is 4. The number of hydrogen-bond acceptors (Lipinski definition) is 13. The number of aryl methyl sites for hydroxylation is 1. The Kier molecular flexibility index (Phi) is 14.6. The van der Waals surface area contributed by atoms with Gasteiger partial charge in [0.25, 0.3) is 0 Å². The van der Waals surface area contributed by atoms with Crippen molar-refractivity contribution in [2.45, 2.75) is 148 Å². The number of Topliss-reactive ketones (excluding diaryl/α,β-unsaturated/α-hetero) is 2. The molecule has 322 valence electrons. The highest BCUT2D eigenvalue weighted by Gasteiger charge is 2.60. The Bertz CT molecular complexity index is 1740. The summed E-state index contributed by atoms with van der Waals surface area (Å²) in [6.07, 6.45) is 4.45. The summed E-state index contributed by atoms with van der Waals surface area (Å²) < 4.78 is 33.2. The summed E-state index contributed by atoms with van der Waals surface area (Å²) in [6.45, 7) is 14.9. The van der Waals surface area contributed by atoms with Gasteiger partial charge < -0.3 is 43.2 Å². The maximum atomic E-state index is 14.7. The Balaban J connectivity index is 1.43. The Morgan fingerprint density at radius 2 is 1.72 bits per heavy atom. The van der Waals surface area contributed by atoms with Crippen molar-refractivity contribution in [2.75, 3.05) is 27.7 Å². The fraction of sp³-hybridized carbons (Fsp3) is 0.721. The van der Waals surface area contributed by atoms with Crippen LogP contribution in [0.2, 0.25) is 0 Å². The first-order chi connectivity index (χ1) is 27.4. The smallest absolute Gasteiger partial charge is 0.410 e. The third-order valence-electron chi connectivity index (χ3n) is 12.8. The number of aromatic nitrogens is 3. The number of aliphatic hydroxyl groups is 1. The molecular weight excluding hydrogens is 746 g/mol. The molecule has 0 radical (unpaired) electrons. The largest absolute Gasteiger partial charge is 0.458 e. The monoisotopic (exact) mass is 811 g/mol. The summed E-state index contributed by atoms with van der Waals surface area (Å²) in [6, 6.07) is 2.74. The van der Waals surface area contributed by atoms with Crippen molar-refractivity contribution in [2.24, 2.45) is 23.7 Å². The molecule has 3 aliphatic heterocycles. The van der Waals surface area contributed by atoms with Crippen LogP contribution in [0.25, 0.3) is 11.3 Å². The summed E-state index contributed by atoms with van der Waals surface area (Å²) in [7, 11) is 5.24. The lowest BCUT2D eigenvalue weighted by Gasteiger charge is -2.47. The number of fused-ring (bicyclic) bond motifs is 1. The van der Waals surface area contributed by atoms with Crippen molar-refractivity contribution in [3.8, 4) is 11.3 Å². The van der Waals surface area contributed by atoms with Crippen molar-refractivity contribution in [1.29, 1.82) is 0 Å². The second-order valence-corrected chi connectivity index (χ2v) is 17.3. The number of pyridine rings is 1. The summed E-state index contributed by atoms with van der Waals surface area (Å²) in [5.74, 6) is -4.95. The van der Waals surface area contributed by atoms with E-state index in [0.717, 1.165) is 11.3 Å². The number of methoxy groups -OCH3 is 1. The zero-order valence-corrected chi connectivity index (χ0v) is 36.1. The fourth-order valence-electron chi connectivity index (χ4n) is 9.43. The minimum Gasteiger partial charge on any atom is -0.458 e. The second-order valence-electron chi connectivity index (χ2n) is 17.3. The van der Waals surface area contributed by atoms with E-state index in [0.29, 0.717) is 32.4 Å². The van der Waals surface area contributed by atoms with E-state index < -0.39 is 83.4 Å². The summed E-state index contributed by atoms with van der Waals surface area (Å²) in [4.78, 5) is 69.0. The minimum absolute atomic E-state index is 0.130. The van der Waals surface area contributed by atoms with Gasteiger partial charge >= 0.3 is 12.1 Å². The summed E-state index contributed by atoms with van der Waals surface area (Å²) in [5.41, 5.74) is -0.938. The topological polar surface area (TPSA) is 172 Å². The van der Waals surface area contributed by atoms with E-state index in [2.05, 4.69) is 9.97 Å². The highest BCUT2D eigenvalue weighted by atomic mass is 16.7. The first-order valence-electron chi connectivity index (χ1n) is 20.8. The van der Waals surface area contributed by atoms with Gasteiger partial charge in [-0.3, -0.25) is 19.4 Å². The number of amides is 1. The van der Waals surface area contributed by atoms with Crippen LogP contribution in [0, 0.1) is 23.7 Å². The second kappa shape index (κ2) is 18.7. The predicted octanol–water partition coefficient (Wildman–Crippen LogP) is 4.93. The number of aliphatic hydroxyl groups excluding tert-OH is 1. The molecule has 0 aromatic carbocycles. The number of cyclic esters (lactones) is 1. The predicted molar refractivity (Wildman–Crippen MR) is 214 cm³/mol. The summed E-state index contributed by atoms with van der Waals surface area (Å²) in [5, 5.41) is 11.4. The number of unbranched alkanes of at least 4 members (excludes halogenated alkanes) is 1. The van der Waals surface area contributed by atoms with Gasteiger partial charge in [-0.15, -0.1) is 0 Å². The van der Waals surface area contributed by atoms with Crippen LogP contribution in [0.1, 0.15) is 87.5 Å². The minimum atomic E-state index is -1.40. The third-order valence-corrected chi connectivity index (χ3v) is 12.8. The highest BCUT2D eigenvalue weighted by molar-refractivity contribution is 6.00. The number of rotatable bonds is 11. The third kappa shape index (κ3) is 9.33. The van der Waals surface area contributed by atoms with Crippen LogP contribution in [0.15, 0.2) is 37.1 Å². The maximum absolute atomic E-state index is 14.7. The molecule has 58 heavy (non-hydrogen) atoms. The van der Waals surface area contributed by atoms with Gasteiger partial charge in [0, 0.05) is 68.1 Å². The van der Waals surface area contributed by atoms with E-state index >= 15 is 0 Å². The Labute approximate surface area is 343 Å². The number of ether oxygens (including phenoxy) is 5. The molecular formula is C43H65N5O10. The quantitative estimate of drug-likeness (QED) is 0.184. The molecule has 1 unspecified atom stereocenters. The van der Waals surface area contributed by atoms with E-state index in [9.17, 15) is 24.3 Å². The Morgan fingerprint density at radius 1 is 1.02 bits per heavy atom. The van der Waals surface area contributed by atoms with Crippen molar-refractivity contribution >= 4 is 23.6 Å². The Hall–Kier alpha value is -3.76. The van der Waals surface area contributed by atoms with Gasteiger partial charge in [-0.1, -0.05) is 27.7 Å². The molecule has 2 aromatic heterocycles. The molecule has 5 rings (SSSR count). The molecule has 15 nitrogen and oxygen atoms in total. The van der Waals surface area contributed by atoms with Crippen LogP contribution in [0.3, 0.4) is 0 Å².